The van der Waals surface area contributed by atoms with Crippen LogP contribution in [0.15, 0.2) is 6.20 Å². The molecule has 1 aromatic heterocycles. The fraction of sp³-hybridized carbons (Fsp3) is 0.636. The standard InChI is InChI=1S/C11H18N4O3S/c1-2-15-7-9(12)10(14-15)11(16)13-8-3-5-19(17,18)6-4-8/h7-8H,2-6,12H2,1H3,(H,13,16). The number of nitrogen functional groups attached to an aromatic ring is 1. The molecule has 3 N–H and O–H groups in total. The molecule has 8 heteroatoms. The minimum absolute atomic E-state index is 0.122. The van der Waals surface area contributed by atoms with E-state index in [1.165, 1.54) is 0 Å². The average molecular weight is 286 g/mol. The molecular formula is C11H18N4O3S. The van der Waals surface area contributed by atoms with Crippen LogP contribution in [-0.4, -0.2) is 41.7 Å². The second-order valence-corrected chi connectivity index (χ2v) is 6.99. The topological polar surface area (TPSA) is 107 Å². The summed E-state index contributed by atoms with van der Waals surface area (Å²) in [7, 11) is -2.92. The summed E-state index contributed by atoms with van der Waals surface area (Å²) < 4.78 is 24.2. The van der Waals surface area contributed by atoms with Crippen molar-refractivity contribution >= 4 is 21.4 Å². The van der Waals surface area contributed by atoms with Crippen molar-refractivity contribution in [3.05, 3.63) is 11.9 Å². The van der Waals surface area contributed by atoms with Gasteiger partial charge in [0.2, 0.25) is 0 Å². The lowest BCUT2D eigenvalue weighted by atomic mass is 10.1. The van der Waals surface area contributed by atoms with E-state index in [0.29, 0.717) is 25.1 Å². The van der Waals surface area contributed by atoms with Crippen LogP contribution in [0.25, 0.3) is 0 Å². The van der Waals surface area contributed by atoms with Gasteiger partial charge in [-0.05, 0) is 19.8 Å². The van der Waals surface area contributed by atoms with Crippen LogP contribution >= 0.6 is 0 Å². The summed E-state index contributed by atoms with van der Waals surface area (Å²) in [5, 5.41) is 6.88. The zero-order valence-corrected chi connectivity index (χ0v) is 11.6. The molecule has 0 atom stereocenters. The Morgan fingerprint density at radius 2 is 2.16 bits per heavy atom. The number of anilines is 1. The molecule has 7 nitrogen and oxygen atoms in total. The molecule has 0 unspecified atom stereocenters. The lowest BCUT2D eigenvalue weighted by Crippen LogP contribution is -2.41. The van der Waals surface area contributed by atoms with Gasteiger partial charge >= 0.3 is 0 Å². The maximum absolute atomic E-state index is 12.0. The number of aromatic nitrogens is 2. The van der Waals surface area contributed by atoms with E-state index in [1.54, 1.807) is 10.9 Å². The number of hydrogen-bond acceptors (Lipinski definition) is 5. The van der Waals surface area contributed by atoms with Crippen molar-refractivity contribution in [3.63, 3.8) is 0 Å². The van der Waals surface area contributed by atoms with Gasteiger partial charge in [-0.2, -0.15) is 5.10 Å². The van der Waals surface area contributed by atoms with Gasteiger partial charge in [-0.1, -0.05) is 0 Å². The van der Waals surface area contributed by atoms with Crippen LogP contribution in [0.5, 0.6) is 0 Å². The highest BCUT2D eigenvalue weighted by Crippen LogP contribution is 2.14. The van der Waals surface area contributed by atoms with Gasteiger partial charge in [0.05, 0.1) is 17.2 Å². The number of sulfone groups is 1. The minimum atomic E-state index is -2.92. The Morgan fingerprint density at radius 3 is 2.68 bits per heavy atom. The number of nitrogens with zero attached hydrogens (tertiary/aromatic N) is 2. The van der Waals surface area contributed by atoms with Gasteiger partial charge in [-0.3, -0.25) is 9.48 Å². The SMILES string of the molecule is CCn1cc(N)c(C(=O)NC2CCS(=O)(=O)CC2)n1. The van der Waals surface area contributed by atoms with E-state index < -0.39 is 9.84 Å². The minimum Gasteiger partial charge on any atom is -0.396 e. The highest BCUT2D eigenvalue weighted by Gasteiger charge is 2.26. The van der Waals surface area contributed by atoms with Crippen molar-refractivity contribution < 1.29 is 13.2 Å². The largest absolute Gasteiger partial charge is 0.396 e. The summed E-state index contributed by atoms with van der Waals surface area (Å²) in [6.07, 6.45) is 2.51. The van der Waals surface area contributed by atoms with E-state index in [2.05, 4.69) is 10.4 Å². The summed E-state index contributed by atoms with van der Waals surface area (Å²) in [5.74, 6) is -0.0952. The van der Waals surface area contributed by atoms with Gasteiger partial charge < -0.3 is 11.1 Å². The zero-order chi connectivity index (χ0) is 14.0. The number of hydrogen-bond donors (Lipinski definition) is 2. The quantitative estimate of drug-likeness (QED) is 0.799. The van der Waals surface area contributed by atoms with Crippen LogP contribution in [0.1, 0.15) is 30.3 Å². The molecule has 2 heterocycles. The van der Waals surface area contributed by atoms with E-state index >= 15 is 0 Å². The second-order valence-electron chi connectivity index (χ2n) is 4.69. The third-order valence-corrected chi connectivity index (χ3v) is 4.93. The molecular weight excluding hydrogens is 268 g/mol. The zero-order valence-electron chi connectivity index (χ0n) is 10.8. The van der Waals surface area contributed by atoms with Crippen molar-refractivity contribution in [1.29, 1.82) is 0 Å². The number of carbonyl (C=O) groups is 1. The number of aryl methyl sites for hydroxylation is 1. The fourth-order valence-corrected chi connectivity index (χ4v) is 3.55. The third kappa shape index (κ3) is 3.25. The molecule has 2 rings (SSSR count). The summed E-state index contributed by atoms with van der Waals surface area (Å²) >= 11 is 0. The van der Waals surface area contributed by atoms with Crippen LogP contribution in [0.2, 0.25) is 0 Å². The average Bonchev–Trinajstić information content (AvgIpc) is 2.73. The monoisotopic (exact) mass is 286 g/mol. The molecule has 0 aromatic carbocycles. The van der Waals surface area contributed by atoms with Crippen LogP contribution in [-0.2, 0) is 16.4 Å². The third-order valence-electron chi connectivity index (χ3n) is 3.22. The van der Waals surface area contributed by atoms with E-state index in [-0.39, 0.29) is 29.1 Å². The van der Waals surface area contributed by atoms with Gasteiger partial charge in [0.1, 0.15) is 9.84 Å². The Labute approximate surface area is 112 Å². The Hall–Kier alpha value is -1.57. The molecule has 0 radical (unpaired) electrons. The molecule has 0 saturated carbocycles. The fourth-order valence-electron chi connectivity index (χ4n) is 2.06. The summed E-state index contributed by atoms with van der Waals surface area (Å²) in [6.45, 7) is 2.54. The smallest absolute Gasteiger partial charge is 0.274 e. The first kappa shape index (κ1) is 13.9. The van der Waals surface area contributed by atoms with E-state index in [4.69, 9.17) is 5.73 Å². The predicted molar refractivity (Wildman–Crippen MR) is 71.5 cm³/mol. The van der Waals surface area contributed by atoms with E-state index in [0.717, 1.165) is 0 Å². The second kappa shape index (κ2) is 5.20. The predicted octanol–water partition coefficient (Wildman–Crippen LogP) is -0.208. The Morgan fingerprint density at radius 1 is 1.53 bits per heavy atom. The first-order chi connectivity index (χ1) is 8.91. The molecule has 1 saturated heterocycles. The highest BCUT2D eigenvalue weighted by molar-refractivity contribution is 7.91. The molecule has 1 aliphatic heterocycles. The van der Waals surface area contributed by atoms with Gasteiger partial charge in [0, 0.05) is 18.8 Å². The molecule has 1 amide bonds. The van der Waals surface area contributed by atoms with Crippen molar-refractivity contribution in [2.24, 2.45) is 0 Å². The molecule has 106 valence electrons. The summed E-state index contributed by atoms with van der Waals surface area (Å²) in [5.41, 5.74) is 6.27. The lowest BCUT2D eigenvalue weighted by Gasteiger charge is -2.22. The lowest BCUT2D eigenvalue weighted by molar-refractivity contribution is 0.0929. The summed E-state index contributed by atoms with van der Waals surface area (Å²) in [4.78, 5) is 12.0. The molecule has 0 bridgehead atoms. The van der Waals surface area contributed by atoms with Gasteiger partial charge in [0.15, 0.2) is 5.69 Å². The molecule has 0 aliphatic carbocycles. The normalized spacial score (nSPS) is 19.2. The number of nitrogens with one attached hydrogen (secondary N) is 1. The highest BCUT2D eigenvalue weighted by atomic mass is 32.2. The van der Waals surface area contributed by atoms with Gasteiger partial charge in [0.25, 0.3) is 5.91 Å². The van der Waals surface area contributed by atoms with Crippen LogP contribution in [0.3, 0.4) is 0 Å². The Bertz CT molecular complexity index is 565. The van der Waals surface area contributed by atoms with E-state index in [1.807, 2.05) is 6.92 Å². The van der Waals surface area contributed by atoms with Gasteiger partial charge in [-0.15, -0.1) is 0 Å². The molecule has 1 aliphatic rings. The maximum Gasteiger partial charge on any atom is 0.274 e. The number of rotatable bonds is 3. The van der Waals surface area contributed by atoms with Crippen molar-refractivity contribution in [3.8, 4) is 0 Å². The molecule has 1 aromatic rings. The van der Waals surface area contributed by atoms with Crippen molar-refractivity contribution in [1.82, 2.24) is 15.1 Å². The van der Waals surface area contributed by atoms with Crippen LogP contribution in [0, 0.1) is 0 Å². The number of nitrogens with two attached hydrogens (primary N) is 1. The van der Waals surface area contributed by atoms with Crippen molar-refractivity contribution in [2.75, 3.05) is 17.2 Å². The first-order valence-electron chi connectivity index (χ1n) is 6.25. The number of carbonyl (C=O) groups excluding carboxylic acids is 1. The molecule has 0 spiro atoms. The van der Waals surface area contributed by atoms with Crippen LogP contribution < -0.4 is 11.1 Å². The summed E-state index contributed by atoms with van der Waals surface area (Å²) in [6, 6.07) is -0.123. The number of amides is 1. The molecule has 1 fully saturated rings. The maximum atomic E-state index is 12.0. The van der Waals surface area contributed by atoms with Gasteiger partial charge in [-0.25, -0.2) is 8.42 Å². The molecule has 19 heavy (non-hydrogen) atoms. The van der Waals surface area contributed by atoms with Crippen molar-refractivity contribution in [2.45, 2.75) is 32.4 Å². The van der Waals surface area contributed by atoms with E-state index in [9.17, 15) is 13.2 Å². The Balaban J connectivity index is 1.99. The first-order valence-corrected chi connectivity index (χ1v) is 8.07. The van der Waals surface area contributed by atoms with Crippen LogP contribution in [0.4, 0.5) is 5.69 Å². The Kier molecular flexibility index (Phi) is 3.79.